The van der Waals surface area contributed by atoms with E-state index in [1.807, 2.05) is 12.1 Å². The van der Waals surface area contributed by atoms with Crippen LogP contribution in [0.1, 0.15) is 44.4 Å². The van der Waals surface area contributed by atoms with Gasteiger partial charge in [-0.3, -0.25) is 14.4 Å². The molecule has 1 heterocycles. The lowest BCUT2D eigenvalue weighted by Crippen LogP contribution is -2.46. The van der Waals surface area contributed by atoms with Crippen LogP contribution in [0.5, 0.6) is 0 Å². The van der Waals surface area contributed by atoms with Gasteiger partial charge in [0.25, 0.3) is 11.1 Å². The van der Waals surface area contributed by atoms with E-state index in [1.54, 1.807) is 69.3 Å². The molecule has 3 aromatic rings. The molecule has 0 saturated heterocycles. The summed E-state index contributed by atoms with van der Waals surface area (Å²) in [6.45, 7) is 7.09. The van der Waals surface area contributed by atoms with E-state index in [0.717, 1.165) is 5.56 Å². The number of amides is 2. The molecule has 2 amide bonds. The van der Waals surface area contributed by atoms with E-state index in [9.17, 15) is 19.2 Å². The fourth-order valence-corrected chi connectivity index (χ4v) is 3.12. The molecule has 0 aliphatic carbocycles. The highest BCUT2D eigenvalue weighted by molar-refractivity contribution is 5.88. The monoisotopic (exact) mass is 476 g/mol. The molecule has 0 aliphatic heterocycles. The molecule has 0 fully saturated rings. The highest BCUT2D eigenvalue weighted by Gasteiger charge is 2.15. The minimum absolute atomic E-state index is 0.114. The highest BCUT2D eigenvalue weighted by Crippen LogP contribution is 2.10. The average molecular weight is 477 g/mol. The van der Waals surface area contributed by atoms with E-state index in [4.69, 9.17) is 4.74 Å². The predicted octanol–water partition coefficient (Wildman–Crippen LogP) is 1.70. The number of aromatic nitrogens is 2. The number of alkyl carbamates (subject to hydrolysis) is 1. The highest BCUT2D eigenvalue weighted by atomic mass is 16.6. The number of anilines is 1. The van der Waals surface area contributed by atoms with Gasteiger partial charge >= 0.3 is 6.09 Å². The van der Waals surface area contributed by atoms with Crippen LogP contribution in [0.2, 0.25) is 0 Å². The van der Waals surface area contributed by atoms with Gasteiger partial charge in [-0.2, -0.15) is 0 Å². The van der Waals surface area contributed by atoms with Gasteiger partial charge in [0, 0.05) is 19.2 Å². The summed E-state index contributed by atoms with van der Waals surface area (Å²) < 4.78 is 5.21. The van der Waals surface area contributed by atoms with Gasteiger partial charge in [0.15, 0.2) is 0 Å². The summed E-state index contributed by atoms with van der Waals surface area (Å²) >= 11 is 0. The minimum atomic E-state index is -0.571. The van der Waals surface area contributed by atoms with Crippen molar-refractivity contribution in [2.75, 3.05) is 5.32 Å². The third-order valence-corrected chi connectivity index (χ3v) is 4.65. The molecule has 9 nitrogen and oxygen atoms in total. The summed E-state index contributed by atoms with van der Waals surface area (Å²) in [5.41, 5.74) is 1.42. The van der Waals surface area contributed by atoms with Crippen molar-refractivity contribution in [1.29, 1.82) is 0 Å². The summed E-state index contributed by atoms with van der Waals surface area (Å²) in [6, 6.07) is 14.0. The van der Waals surface area contributed by atoms with Crippen LogP contribution in [0.4, 0.5) is 10.5 Å². The summed E-state index contributed by atoms with van der Waals surface area (Å²) in [6.07, 6.45) is 2.61. The van der Waals surface area contributed by atoms with Crippen LogP contribution >= 0.6 is 0 Å². The van der Waals surface area contributed by atoms with Crippen molar-refractivity contribution in [1.82, 2.24) is 15.3 Å². The molecule has 182 valence electrons. The Kier molecular flexibility index (Phi) is 7.70. The van der Waals surface area contributed by atoms with Gasteiger partial charge in [-0.05, 0) is 61.7 Å². The molecular formula is C26H28N4O5. The first-order chi connectivity index (χ1) is 16.5. The molecule has 0 bridgehead atoms. The first kappa shape index (κ1) is 25.2. The third-order valence-electron chi connectivity index (χ3n) is 4.65. The fraction of sp³-hybridized carbons (Fsp3) is 0.231. The zero-order chi connectivity index (χ0) is 25.6. The van der Waals surface area contributed by atoms with E-state index in [1.165, 1.54) is 6.92 Å². The average Bonchev–Trinajstić information content (AvgIpc) is 2.76. The van der Waals surface area contributed by atoms with Crippen LogP contribution < -0.4 is 32.5 Å². The number of hydrogen-bond donors (Lipinski definition) is 4. The first-order valence-corrected chi connectivity index (χ1v) is 11.0. The van der Waals surface area contributed by atoms with E-state index >= 15 is 0 Å². The van der Waals surface area contributed by atoms with Crippen molar-refractivity contribution in [2.24, 2.45) is 0 Å². The van der Waals surface area contributed by atoms with Gasteiger partial charge in [0.05, 0.1) is 0 Å². The van der Waals surface area contributed by atoms with Crippen molar-refractivity contribution in [2.45, 2.75) is 39.8 Å². The molecule has 0 radical (unpaired) electrons. The number of ether oxygens (including phenoxy) is 1. The van der Waals surface area contributed by atoms with Crippen LogP contribution in [0, 0.1) is 0 Å². The number of carbonyl (C=O) groups excluding carboxylic acids is 2. The number of hydrogen-bond acceptors (Lipinski definition) is 5. The molecule has 0 spiro atoms. The fourth-order valence-electron chi connectivity index (χ4n) is 3.12. The van der Waals surface area contributed by atoms with Crippen LogP contribution in [0.15, 0.2) is 58.1 Å². The maximum atomic E-state index is 12.5. The van der Waals surface area contributed by atoms with Gasteiger partial charge in [-0.1, -0.05) is 36.4 Å². The van der Waals surface area contributed by atoms with E-state index in [0.29, 0.717) is 23.4 Å². The second-order valence-electron chi connectivity index (χ2n) is 8.92. The van der Waals surface area contributed by atoms with Crippen LogP contribution in [-0.2, 0) is 16.1 Å². The topological polar surface area (TPSA) is 133 Å². The lowest BCUT2D eigenvalue weighted by molar-refractivity contribution is -0.114. The molecule has 9 heteroatoms. The Morgan fingerprint density at radius 1 is 0.857 bits per heavy atom. The maximum absolute atomic E-state index is 12.5. The molecule has 35 heavy (non-hydrogen) atoms. The Morgan fingerprint density at radius 2 is 1.34 bits per heavy atom. The zero-order valence-electron chi connectivity index (χ0n) is 20.0. The number of benzene rings is 2. The Labute approximate surface area is 201 Å². The molecule has 4 N–H and O–H groups in total. The third kappa shape index (κ3) is 7.85. The quantitative estimate of drug-likeness (QED) is 0.445. The Bertz CT molecular complexity index is 1440. The normalized spacial score (nSPS) is 12.3. The van der Waals surface area contributed by atoms with Crippen molar-refractivity contribution in [3.05, 3.63) is 96.6 Å². The predicted molar refractivity (Wildman–Crippen MR) is 134 cm³/mol. The number of H-pyrrole nitrogens is 2. The molecule has 3 rings (SSSR count). The molecule has 0 atom stereocenters. The summed E-state index contributed by atoms with van der Waals surface area (Å²) in [4.78, 5) is 53.2. The summed E-state index contributed by atoms with van der Waals surface area (Å²) in [5.74, 6) is -0.179. The lowest BCUT2D eigenvalue weighted by Gasteiger charge is -2.19. The van der Waals surface area contributed by atoms with Crippen molar-refractivity contribution in [3.63, 3.8) is 0 Å². The number of rotatable bonds is 5. The maximum Gasteiger partial charge on any atom is 0.407 e. The van der Waals surface area contributed by atoms with Crippen LogP contribution in [-0.4, -0.2) is 27.6 Å². The lowest BCUT2D eigenvalue weighted by atomic mass is 10.1. The van der Waals surface area contributed by atoms with Gasteiger partial charge in [0.2, 0.25) is 5.91 Å². The van der Waals surface area contributed by atoms with Gasteiger partial charge in [-0.15, -0.1) is 0 Å². The van der Waals surface area contributed by atoms with Gasteiger partial charge < -0.3 is 25.3 Å². The zero-order valence-corrected chi connectivity index (χ0v) is 20.0. The standard InChI is InChI=1S/C26H28N4O5/c1-16(31)28-20-11-9-18(10-12-20)14-22-24(33)29-21(23(32)30-22)13-17-5-7-19(8-6-17)15-27-25(34)35-26(2,3)4/h5-14H,15H2,1-4H3,(H,27,34)(H,28,31)(H,29,33)(H,30,32)/b21-13-,22-14-. The van der Waals surface area contributed by atoms with Crippen molar-refractivity contribution >= 4 is 29.8 Å². The van der Waals surface area contributed by atoms with Gasteiger partial charge in [-0.25, -0.2) is 4.79 Å². The number of carbonyl (C=O) groups is 2. The Hall–Kier alpha value is -4.40. The smallest absolute Gasteiger partial charge is 0.407 e. The van der Waals surface area contributed by atoms with Crippen molar-refractivity contribution in [3.8, 4) is 0 Å². The van der Waals surface area contributed by atoms with Gasteiger partial charge in [0.1, 0.15) is 16.3 Å². The molecule has 1 aromatic heterocycles. The molecule has 2 aromatic carbocycles. The van der Waals surface area contributed by atoms with E-state index in [2.05, 4.69) is 20.6 Å². The van der Waals surface area contributed by atoms with Crippen LogP contribution in [0.25, 0.3) is 12.2 Å². The Morgan fingerprint density at radius 3 is 1.80 bits per heavy atom. The second-order valence-corrected chi connectivity index (χ2v) is 8.92. The van der Waals surface area contributed by atoms with Crippen molar-refractivity contribution < 1.29 is 14.3 Å². The number of nitrogens with one attached hydrogen (secondary N) is 4. The largest absolute Gasteiger partial charge is 0.444 e. The summed E-state index contributed by atoms with van der Waals surface area (Å²) in [5, 5.41) is 5.58. The number of aromatic amines is 2. The molecule has 0 unspecified atom stereocenters. The summed E-state index contributed by atoms with van der Waals surface area (Å²) in [7, 11) is 0. The molecular weight excluding hydrogens is 448 g/mol. The molecule has 0 saturated carbocycles. The SMILES string of the molecule is CC(=O)Nc1ccc(/C=c2\[nH]c(=O)/c(=C/c3ccc(CNC(=O)OC(C)(C)C)cc3)[nH]c2=O)cc1. The minimum Gasteiger partial charge on any atom is -0.444 e. The van der Waals surface area contributed by atoms with E-state index < -0.39 is 22.8 Å². The van der Waals surface area contributed by atoms with Crippen LogP contribution in [0.3, 0.4) is 0 Å². The Balaban J connectivity index is 1.76. The first-order valence-electron chi connectivity index (χ1n) is 11.0. The second kappa shape index (κ2) is 10.7. The molecule has 0 aliphatic rings. The van der Waals surface area contributed by atoms with E-state index in [-0.39, 0.29) is 16.6 Å².